The molecule has 2 heterocycles. The summed E-state index contributed by atoms with van der Waals surface area (Å²) in [4.78, 5) is 8.49. The lowest BCUT2D eigenvalue weighted by atomic mass is 9.98. The number of nitrogen functional groups attached to an aromatic ring is 1. The maximum absolute atomic E-state index is 5.86. The molecule has 0 radical (unpaired) electrons. The summed E-state index contributed by atoms with van der Waals surface area (Å²) >= 11 is 0. The quantitative estimate of drug-likeness (QED) is 0.693. The van der Waals surface area contributed by atoms with Gasteiger partial charge in [-0.05, 0) is 17.5 Å². The van der Waals surface area contributed by atoms with Crippen LogP contribution in [0.2, 0.25) is 0 Å². The van der Waals surface area contributed by atoms with E-state index in [2.05, 4.69) is 29.9 Å². The number of benzene rings is 1. The molecular weight excluding hydrogens is 214 g/mol. The lowest BCUT2D eigenvalue weighted by Gasteiger charge is -2.09. The molecule has 0 aliphatic rings. The van der Waals surface area contributed by atoms with Crippen LogP contribution in [0.4, 0.5) is 5.82 Å². The van der Waals surface area contributed by atoms with Crippen LogP contribution in [0.5, 0.6) is 0 Å². The van der Waals surface area contributed by atoms with Crippen molar-refractivity contribution in [1.29, 1.82) is 0 Å². The van der Waals surface area contributed by atoms with Gasteiger partial charge >= 0.3 is 0 Å². The van der Waals surface area contributed by atoms with Crippen molar-refractivity contribution in [1.82, 2.24) is 9.97 Å². The number of nitrogens with zero attached hydrogens (tertiary/aromatic N) is 2. The molecule has 0 unspecified atom stereocenters. The fraction of sp³-hybridized carbons (Fsp3) is 0.231. The van der Waals surface area contributed by atoms with Gasteiger partial charge in [-0.2, -0.15) is 0 Å². The molecule has 0 aliphatic carbocycles. The Kier molecular flexibility index (Phi) is 2.04. The Morgan fingerprint density at radius 3 is 2.88 bits per heavy atom. The van der Waals surface area contributed by atoms with Crippen molar-refractivity contribution in [3.8, 4) is 0 Å². The Labute approximate surface area is 98.5 Å². The largest absolute Gasteiger partial charge is 0.443 e. The van der Waals surface area contributed by atoms with E-state index in [1.165, 1.54) is 12.0 Å². The Hall–Kier alpha value is -2.10. The van der Waals surface area contributed by atoms with Gasteiger partial charge in [-0.3, -0.25) is 0 Å². The van der Waals surface area contributed by atoms with E-state index >= 15 is 0 Å². The molecule has 0 amide bonds. The number of nitrogens with two attached hydrogens (primary N) is 1. The van der Waals surface area contributed by atoms with Crippen LogP contribution >= 0.6 is 0 Å². The first-order valence-electron chi connectivity index (χ1n) is 5.59. The van der Waals surface area contributed by atoms with Crippen molar-refractivity contribution in [3.63, 3.8) is 0 Å². The molecule has 2 N–H and O–H groups in total. The SMILES string of the molecule is CC(C)c1cccc2nc(N)c3ncoc3c12. The first-order chi connectivity index (χ1) is 8.18. The number of anilines is 1. The Morgan fingerprint density at radius 1 is 1.29 bits per heavy atom. The summed E-state index contributed by atoms with van der Waals surface area (Å²) in [7, 11) is 0. The lowest BCUT2D eigenvalue weighted by molar-refractivity contribution is 0.604. The highest BCUT2D eigenvalue weighted by Gasteiger charge is 2.14. The monoisotopic (exact) mass is 227 g/mol. The fourth-order valence-corrected chi connectivity index (χ4v) is 2.17. The van der Waals surface area contributed by atoms with Gasteiger partial charge in [0.15, 0.2) is 23.3 Å². The predicted molar refractivity (Wildman–Crippen MR) is 67.8 cm³/mol. The van der Waals surface area contributed by atoms with Gasteiger partial charge < -0.3 is 10.2 Å². The van der Waals surface area contributed by atoms with Crippen molar-refractivity contribution >= 4 is 27.8 Å². The van der Waals surface area contributed by atoms with Gasteiger partial charge in [0.2, 0.25) is 0 Å². The van der Waals surface area contributed by atoms with Gasteiger partial charge in [-0.25, -0.2) is 9.97 Å². The Balaban J connectivity index is 2.57. The molecule has 3 rings (SSSR count). The molecule has 0 spiro atoms. The first kappa shape index (κ1) is 10.1. The number of oxazole rings is 1. The zero-order valence-corrected chi connectivity index (χ0v) is 9.77. The smallest absolute Gasteiger partial charge is 0.182 e. The number of hydrogen-bond donors (Lipinski definition) is 1. The zero-order valence-electron chi connectivity index (χ0n) is 9.77. The van der Waals surface area contributed by atoms with Crippen LogP contribution in [0.25, 0.3) is 22.0 Å². The zero-order chi connectivity index (χ0) is 12.0. The summed E-state index contributed by atoms with van der Waals surface area (Å²) in [5, 5.41) is 1.02. The molecule has 86 valence electrons. The standard InChI is InChI=1S/C13H13N3O/c1-7(2)8-4-3-5-9-10(8)12-11(13(14)16-9)15-6-17-12/h3-7H,1-2H3,(H2,14,16). The highest BCUT2D eigenvalue weighted by Crippen LogP contribution is 2.32. The van der Waals surface area contributed by atoms with Crippen LogP contribution in [-0.2, 0) is 0 Å². The number of rotatable bonds is 1. The molecule has 0 atom stereocenters. The van der Waals surface area contributed by atoms with Gasteiger partial charge in [-0.1, -0.05) is 26.0 Å². The van der Waals surface area contributed by atoms with Crippen LogP contribution in [0, 0.1) is 0 Å². The molecule has 2 aromatic heterocycles. The molecule has 17 heavy (non-hydrogen) atoms. The van der Waals surface area contributed by atoms with Crippen LogP contribution in [0.1, 0.15) is 25.3 Å². The van der Waals surface area contributed by atoms with Gasteiger partial charge in [0.05, 0.1) is 5.52 Å². The van der Waals surface area contributed by atoms with Crippen LogP contribution < -0.4 is 5.73 Å². The molecule has 3 aromatic rings. The van der Waals surface area contributed by atoms with Gasteiger partial charge in [0, 0.05) is 5.39 Å². The van der Waals surface area contributed by atoms with E-state index in [-0.39, 0.29) is 0 Å². The highest BCUT2D eigenvalue weighted by molar-refractivity contribution is 6.06. The summed E-state index contributed by atoms with van der Waals surface area (Å²) in [6, 6.07) is 6.03. The second kappa shape index (κ2) is 3.45. The van der Waals surface area contributed by atoms with Crippen molar-refractivity contribution in [2.45, 2.75) is 19.8 Å². The van der Waals surface area contributed by atoms with Gasteiger partial charge in [0.25, 0.3) is 0 Å². The first-order valence-corrected chi connectivity index (χ1v) is 5.59. The summed E-state index contributed by atoms with van der Waals surface area (Å²) in [5.74, 6) is 0.819. The average molecular weight is 227 g/mol. The molecule has 4 heteroatoms. The van der Waals surface area contributed by atoms with E-state index in [0.29, 0.717) is 17.3 Å². The highest BCUT2D eigenvalue weighted by atomic mass is 16.3. The minimum Gasteiger partial charge on any atom is -0.443 e. The maximum Gasteiger partial charge on any atom is 0.182 e. The van der Waals surface area contributed by atoms with Crippen molar-refractivity contribution in [2.75, 3.05) is 5.73 Å². The van der Waals surface area contributed by atoms with Crippen molar-refractivity contribution < 1.29 is 4.42 Å². The molecule has 0 saturated heterocycles. The van der Waals surface area contributed by atoms with E-state index in [0.717, 1.165) is 16.5 Å². The third-order valence-corrected chi connectivity index (χ3v) is 2.97. The Bertz CT molecular complexity index is 700. The van der Waals surface area contributed by atoms with Crippen molar-refractivity contribution in [3.05, 3.63) is 30.2 Å². The molecule has 0 saturated carbocycles. The summed E-state index contributed by atoms with van der Waals surface area (Å²) in [5.41, 5.74) is 9.30. The number of fused-ring (bicyclic) bond motifs is 3. The van der Waals surface area contributed by atoms with Crippen LogP contribution in [0.3, 0.4) is 0 Å². The molecule has 4 nitrogen and oxygen atoms in total. The molecule has 0 aliphatic heterocycles. The van der Waals surface area contributed by atoms with Crippen molar-refractivity contribution in [2.24, 2.45) is 0 Å². The second-order valence-corrected chi connectivity index (χ2v) is 4.42. The second-order valence-electron chi connectivity index (χ2n) is 4.42. The molecule has 1 aromatic carbocycles. The lowest BCUT2D eigenvalue weighted by Crippen LogP contribution is -1.96. The van der Waals surface area contributed by atoms with E-state index in [4.69, 9.17) is 10.2 Å². The van der Waals surface area contributed by atoms with E-state index in [9.17, 15) is 0 Å². The van der Waals surface area contributed by atoms with Gasteiger partial charge in [0.1, 0.15) is 0 Å². The normalized spacial score (nSPS) is 11.7. The molecular formula is C13H13N3O. The minimum atomic E-state index is 0.400. The van der Waals surface area contributed by atoms with Crippen LogP contribution in [0.15, 0.2) is 29.0 Å². The Morgan fingerprint density at radius 2 is 2.12 bits per heavy atom. The number of hydrogen-bond acceptors (Lipinski definition) is 4. The number of aromatic nitrogens is 2. The minimum absolute atomic E-state index is 0.400. The predicted octanol–water partition coefficient (Wildman–Crippen LogP) is 3.08. The summed E-state index contributed by atoms with van der Waals surface area (Å²) in [6.07, 6.45) is 1.42. The summed E-state index contributed by atoms with van der Waals surface area (Å²) < 4.78 is 5.47. The number of pyridine rings is 1. The topological polar surface area (TPSA) is 64.9 Å². The van der Waals surface area contributed by atoms with Crippen LogP contribution in [-0.4, -0.2) is 9.97 Å². The van der Waals surface area contributed by atoms with E-state index in [1.807, 2.05) is 12.1 Å². The fourth-order valence-electron chi connectivity index (χ4n) is 2.17. The van der Waals surface area contributed by atoms with E-state index in [1.54, 1.807) is 0 Å². The third kappa shape index (κ3) is 1.37. The maximum atomic E-state index is 5.86. The van der Waals surface area contributed by atoms with Gasteiger partial charge in [-0.15, -0.1) is 0 Å². The summed E-state index contributed by atoms with van der Waals surface area (Å²) in [6.45, 7) is 4.29. The molecule has 0 fully saturated rings. The molecule has 0 bridgehead atoms. The van der Waals surface area contributed by atoms with E-state index < -0.39 is 0 Å². The average Bonchev–Trinajstić information content (AvgIpc) is 2.77. The third-order valence-electron chi connectivity index (χ3n) is 2.97.